The molecule has 118 valence electrons. The van der Waals surface area contributed by atoms with Gasteiger partial charge in [-0.1, -0.05) is 64.1 Å². The van der Waals surface area contributed by atoms with Crippen LogP contribution in [0.1, 0.15) is 50.7 Å². The summed E-state index contributed by atoms with van der Waals surface area (Å²) in [4.78, 5) is 0. The van der Waals surface area contributed by atoms with Crippen LogP contribution in [0.25, 0.3) is 21.9 Å². The maximum atomic E-state index is 14.7. The molecule has 0 unspecified atom stereocenters. The van der Waals surface area contributed by atoms with Crippen molar-refractivity contribution in [2.24, 2.45) is 0 Å². The average molecular weight is 306 g/mol. The van der Waals surface area contributed by atoms with E-state index in [1.54, 1.807) is 6.07 Å². The molecule has 1 heteroatoms. The molecule has 3 aromatic carbocycles. The second-order valence-corrected chi connectivity index (χ2v) is 6.83. The lowest BCUT2D eigenvalue weighted by Crippen LogP contribution is -2.01. The summed E-state index contributed by atoms with van der Waals surface area (Å²) in [7, 11) is 0. The lowest BCUT2D eigenvalue weighted by atomic mass is 9.87. The fourth-order valence-corrected chi connectivity index (χ4v) is 3.18. The van der Waals surface area contributed by atoms with Crippen LogP contribution in [0.15, 0.2) is 54.6 Å². The van der Waals surface area contributed by atoms with E-state index >= 15 is 0 Å². The van der Waals surface area contributed by atoms with E-state index in [1.165, 1.54) is 10.9 Å². The molecule has 0 nitrogen and oxygen atoms in total. The predicted molar refractivity (Wildman–Crippen MR) is 97.5 cm³/mol. The van der Waals surface area contributed by atoms with Gasteiger partial charge in [0.1, 0.15) is 5.82 Å². The second kappa shape index (κ2) is 6.16. The Labute approximate surface area is 138 Å². The lowest BCUT2D eigenvalue weighted by molar-refractivity contribution is 0.623. The van der Waals surface area contributed by atoms with E-state index < -0.39 is 0 Å². The predicted octanol–water partition coefficient (Wildman–Crippen LogP) is 6.89. The van der Waals surface area contributed by atoms with Gasteiger partial charge in [-0.05, 0) is 57.5 Å². The summed E-state index contributed by atoms with van der Waals surface area (Å²) < 4.78 is 14.7. The van der Waals surface area contributed by atoms with Crippen LogP contribution in [0.3, 0.4) is 0 Å². The molecule has 0 spiro atoms. The van der Waals surface area contributed by atoms with E-state index in [2.05, 4.69) is 52.0 Å². The van der Waals surface area contributed by atoms with Crippen molar-refractivity contribution in [1.29, 1.82) is 0 Å². The van der Waals surface area contributed by atoms with Gasteiger partial charge in [-0.3, -0.25) is 0 Å². The van der Waals surface area contributed by atoms with Crippen LogP contribution >= 0.6 is 0 Å². The largest absolute Gasteiger partial charge is 0.206 e. The number of hydrogen-bond donors (Lipinski definition) is 0. The zero-order valence-electron chi connectivity index (χ0n) is 14.2. The molecule has 0 saturated carbocycles. The van der Waals surface area contributed by atoms with Gasteiger partial charge in [-0.25, -0.2) is 4.39 Å². The highest BCUT2D eigenvalue weighted by Gasteiger charge is 2.16. The van der Waals surface area contributed by atoms with Gasteiger partial charge >= 0.3 is 0 Å². The Hall–Kier alpha value is -2.15. The Morgan fingerprint density at radius 2 is 1.30 bits per heavy atom. The molecule has 0 heterocycles. The van der Waals surface area contributed by atoms with Crippen LogP contribution in [0.4, 0.5) is 4.39 Å². The molecule has 0 atom stereocenters. The third kappa shape index (κ3) is 3.01. The van der Waals surface area contributed by atoms with E-state index in [1.807, 2.05) is 24.3 Å². The molecule has 0 aliphatic heterocycles. The van der Waals surface area contributed by atoms with Crippen LogP contribution in [0, 0.1) is 5.82 Å². The molecule has 3 aromatic rings. The highest BCUT2D eigenvalue weighted by Crippen LogP contribution is 2.34. The molecule has 0 bridgehead atoms. The van der Waals surface area contributed by atoms with E-state index in [0.717, 1.165) is 16.5 Å². The molecule has 0 radical (unpaired) electrons. The highest BCUT2D eigenvalue weighted by atomic mass is 19.1. The molecule has 23 heavy (non-hydrogen) atoms. The van der Waals surface area contributed by atoms with Crippen LogP contribution in [0.2, 0.25) is 0 Å². The highest BCUT2D eigenvalue weighted by molar-refractivity contribution is 5.87. The SMILES string of the molecule is CC(C)c1cc(F)c(-c2ccc3ccccc3c2)cc1C(C)C. The number of benzene rings is 3. The van der Waals surface area contributed by atoms with Crippen molar-refractivity contribution in [3.8, 4) is 11.1 Å². The van der Waals surface area contributed by atoms with E-state index in [0.29, 0.717) is 17.4 Å². The van der Waals surface area contributed by atoms with Gasteiger partial charge in [-0.2, -0.15) is 0 Å². The first kappa shape index (κ1) is 15.7. The fourth-order valence-electron chi connectivity index (χ4n) is 3.18. The summed E-state index contributed by atoms with van der Waals surface area (Å²) in [5.74, 6) is 0.577. The van der Waals surface area contributed by atoms with Gasteiger partial charge in [0, 0.05) is 5.56 Å². The smallest absolute Gasteiger partial charge is 0.131 e. The molecule has 0 aromatic heterocycles. The molecule has 0 saturated heterocycles. The first-order valence-corrected chi connectivity index (χ1v) is 8.30. The van der Waals surface area contributed by atoms with Crippen LogP contribution < -0.4 is 0 Å². The van der Waals surface area contributed by atoms with Crippen molar-refractivity contribution in [3.63, 3.8) is 0 Å². The van der Waals surface area contributed by atoms with Gasteiger partial charge in [0.2, 0.25) is 0 Å². The third-order valence-corrected chi connectivity index (χ3v) is 4.48. The number of halogens is 1. The van der Waals surface area contributed by atoms with Crippen LogP contribution in [-0.2, 0) is 0 Å². The summed E-state index contributed by atoms with van der Waals surface area (Å²) in [5, 5.41) is 2.32. The van der Waals surface area contributed by atoms with Gasteiger partial charge in [0.05, 0.1) is 0 Å². The Balaban J connectivity index is 2.19. The normalized spacial score (nSPS) is 11.6. The summed E-state index contributed by atoms with van der Waals surface area (Å²) >= 11 is 0. The first-order valence-electron chi connectivity index (χ1n) is 8.30. The van der Waals surface area contributed by atoms with Crippen LogP contribution in [0.5, 0.6) is 0 Å². The van der Waals surface area contributed by atoms with Gasteiger partial charge in [0.15, 0.2) is 0 Å². The van der Waals surface area contributed by atoms with E-state index in [4.69, 9.17) is 0 Å². The van der Waals surface area contributed by atoms with Crippen LogP contribution in [-0.4, -0.2) is 0 Å². The minimum absolute atomic E-state index is 0.131. The Bertz CT molecular complexity index is 844. The average Bonchev–Trinajstić information content (AvgIpc) is 2.53. The van der Waals surface area contributed by atoms with Crippen molar-refractivity contribution in [1.82, 2.24) is 0 Å². The molecule has 0 aliphatic rings. The maximum Gasteiger partial charge on any atom is 0.131 e. The zero-order valence-corrected chi connectivity index (χ0v) is 14.2. The quantitative estimate of drug-likeness (QED) is 0.494. The molecular formula is C22H23F. The summed E-state index contributed by atoms with van der Waals surface area (Å²) in [6.07, 6.45) is 0. The summed E-state index contributed by atoms with van der Waals surface area (Å²) in [5.41, 5.74) is 3.99. The Morgan fingerprint density at radius 1 is 0.696 bits per heavy atom. The van der Waals surface area contributed by atoms with Crippen molar-refractivity contribution >= 4 is 10.8 Å². The Kier molecular flexibility index (Phi) is 4.21. The monoisotopic (exact) mass is 306 g/mol. The van der Waals surface area contributed by atoms with E-state index in [9.17, 15) is 4.39 Å². The number of rotatable bonds is 3. The Morgan fingerprint density at radius 3 is 1.96 bits per heavy atom. The minimum atomic E-state index is -0.131. The lowest BCUT2D eigenvalue weighted by Gasteiger charge is -2.18. The van der Waals surface area contributed by atoms with Gasteiger partial charge < -0.3 is 0 Å². The second-order valence-electron chi connectivity index (χ2n) is 6.83. The summed E-state index contributed by atoms with van der Waals surface area (Å²) in [6, 6.07) is 18.1. The molecule has 0 amide bonds. The standard InChI is InChI=1S/C22H23F/c1-14(2)19-12-21(22(23)13-20(19)15(3)4)18-10-9-16-7-5-6-8-17(16)11-18/h5-15H,1-4H3. The fraction of sp³-hybridized carbons (Fsp3) is 0.273. The molecule has 0 fully saturated rings. The third-order valence-electron chi connectivity index (χ3n) is 4.48. The minimum Gasteiger partial charge on any atom is -0.206 e. The number of fused-ring (bicyclic) bond motifs is 1. The first-order chi connectivity index (χ1) is 11.0. The molecule has 0 N–H and O–H groups in total. The zero-order chi connectivity index (χ0) is 16.6. The maximum absolute atomic E-state index is 14.7. The molecule has 3 rings (SSSR count). The van der Waals surface area contributed by atoms with E-state index in [-0.39, 0.29) is 5.82 Å². The topological polar surface area (TPSA) is 0 Å². The van der Waals surface area contributed by atoms with Crippen molar-refractivity contribution in [2.45, 2.75) is 39.5 Å². The molecule has 0 aliphatic carbocycles. The van der Waals surface area contributed by atoms with Gasteiger partial charge in [0.25, 0.3) is 0 Å². The number of hydrogen-bond acceptors (Lipinski definition) is 0. The van der Waals surface area contributed by atoms with Gasteiger partial charge in [-0.15, -0.1) is 0 Å². The van der Waals surface area contributed by atoms with Crippen molar-refractivity contribution in [2.75, 3.05) is 0 Å². The van der Waals surface area contributed by atoms with Crippen molar-refractivity contribution in [3.05, 3.63) is 71.5 Å². The summed E-state index contributed by atoms with van der Waals surface area (Å²) in [6.45, 7) is 8.58. The molecular weight excluding hydrogens is 283 g/mol. The van der Waals surface area contributed by atoms with Crippen molar-refractivity contribution < 1.29 is 4.39 Å².